The van der Waals surface area contributed by atoms with Gasteiger partial charge in [-0.15, -0.1) is 0 Å². The highest BCUT2D eigenvalue weighted by molar-refractivity contribution is 6.00. The summed E-state index contributed by atoms with van der Waals surface area (Å²) in [6.07, 6.45) is 1.80. The molecule has 4 N–H and O–H groups in total. The minimum Gasteiger partial charge on any atom is -0.396 e. The Balaban J connectivity index is 1.62. The monoisotopic (exact) mass is 452 g/mol. The minimum atomic E-state index is -1.74. The summed E-state index contributed by atoms with van der Waals surface area (Å²) in [6.45, 7) is 9.06. The zero-order valence-corrected chi connectivity index (χ0v) is 20.0. The average Bonchev–Trinajstić information content (AvgIpc) is 3.22. The van der Waals surface area contributed by atoms with Gasteiger partial charge in [-0.05, 0) is 76.0 Å². The number of ketones is 2. The molecule has 32 heavy (non-hydrogen) atoms. The van der Waals surface area contributed by atoms with Crippen molar-refractivity contribution < 1.29 is 34.8 Å². The molecule has 10 atom stereocenters. The fourth-order valence-corrected chi connectivity index (χ4v) is 7.64. The Kier molecular flexibility index (Phi) is 5.74. The largest absolute Gasteiger partial charge is 0.396 e. The zero-order valence-electron chi connectivity index (χ0n) is 20.0. The lowest BCUT2D eigenvalue weighted by atomic mass is 9.70. The van der Waals surface area contributed by atoms with Crippen LogP contribution in [0.1, 0.15) is 73.1 Å². The van der Waals surface area contributed by atoms with Crippen LogP contribution in [0.2, 0.25) is 0 Å². The van der Waals surface area contributed by atoms with Gasteiger partial charge in [0.15, 0.2) is 5.79 Å². The molecule has 0 aromatic carbocycles. The molecule has 4 rings (SSSR count). The Hall–Kier alpha value is -0.860. The first-order valence-electron chi connectivity index (χ1n) is 12.2. The molecular weight excluding hydrogens is 412 g/mol. The number of rotatable bonds is 8. The maximum atomic E-state index is 13.8. The third-order valence-corrected chi connectivity index (χ3v) is 9.67. The normalized spacial score (nSPS) is 47.5. The number of fused-ring (bicyclic) bond motifs is 1. The lowest BCUT2D eigenvalue weighted by Crippen LogP contribution is -2.61. The van der Waals surface area contributed by atoms with Gasteiger partial charge in [0.1, 0.15) is 11.6 Å². The third kappa shape index (κ3) is 3.26. The Bertz CT molecular complexity index is 790. The van der Waals surface area contributed by atoms with Crippen LogP contribution in [0.15, 0.2) is 0 Å². The number of Topliss-reactive ketones (excluding diaryl/α,β-unsaturated/α-hetero) is 2. The van der Waals surface area contributed by atoms with E-state index in [0.717, 1.165) is 0 Å². The van der Waals surface area contributed by atoms with Gasteiger partial charge >= 0.3 is 0 Å². The Labute approximate surface area is 190 Å². The van der Waals surface area contributed by atoms with Crippen LogP contribution in [0.25, 0.3) is 0 Å². The first-order chi connectivity index (χ1) is 14.7. The number of carbonyl (C=O) groups excluding carboxylic acids is 2. The summed E-state index contributed by atoms with van der Waals surface area (Å²) in [7, 11) is 0. The van der Waals surface area contributed by atoms with Gasteiger partial charge in [-0.25, -0.2) is 0 Å². The van der Waals surface area contributed by atoms with E-state index in [-0.39, 0.29) is 53.9 Å². The van der Waals surface area contributed by atoms with Gasteiger partial charge in [0.25, 0.3) is 0 Å². The van der Waals surface area contributed by atoms with Crippen molar-refractivity contribution in [3.63, 3.8) is 0 Å². The number of ether oxygens (including phenoxy) is 1. The minimum absolute atomic E-state index is 0.0118. The Morgan fingerprint density at radius 1 is 1.22 bits per heavy atom. The van der Waals surface area contributed by atoms with Crippen molar-refractivity contribution in [3.8, 4) is 0 Å². The summed E-state index contributed by atoms with van der Waals surface area (Å²) in [5, 5.41) is 41.7. The van der Waals surface area contributed by atoms with E-state index in [9.17, 15) is 30.0 Å². The van der Waals surface area contributed by atoms with Crippen LogP contribution >= 0.6 is 0 Å². The molecule has 2 bridgehead atoms. The molecule has 10 unspecified atom stereocenters. The van der Waals surface area contributed by atoms with Crippen molar-refractivity contribution in [1.29, 1.82) is 0 Å². The van der Waals surface area contributed by atoms with Crippen molar-refractivity contribution in [2.24, 2.45) is 40.4 Å². The third-order valence-electron chi connectivity index (χ3n) is 9.67. The average molecular weight is 453 g/mol. The standard InChI is InChI=1S/C25H40O7/c1-13(6-7-16(28)22(2,3)30)18-20(23(18,4)10-11-26)17-19-15(27)12-14-8-9-24(5,21(17)29)25(19,31)32-14/h13-14,16-20,26,28,30-31H,6-12H2,1-5H3. The van der Waals surface area contributed by atoms with E-state index in [1.54, 1.807) is 20.8 Å². The lowest BCUT2D eigenvalue weighted by Gasteiger charge is -2.50. The molecule has 182 valence electrons. The maximum Gasteiger partial charge on any atom is 0.188 e. The quantitative estimate of drug-likeness (QED) is 0.443. The van der Waals surface area contributed by atoms with Crippen LogP contribution in [0.3, 0.4) is 0 Å². The van der Waals surface area contributed by atoms with Gasteiger partial charge in [-0.2, -0.15) is 0 Å². The van der Waals surface area contributed by atoms with Crippen LogP contribution < -0.4 is 0 Å². The van der Waals surface area contributed by atoms with E-state index >= 15 is 0 Å². The number of aliphatic hydroxyl groups is 4. The highest BCUT2D eigenvalue weighted by atomic mass is 16.6. The second kappa shape index (κ2) is 7.57. The SMILES string of the molecule is CC(CCC(O)C(C)(C)O)C1C(C2C(=O)C3(C)CCC4CC(=O)C2C3(O)O4)C1(C)CCO. The Morgan fingerprint density at radius 2 is 1.88 bits per heavy atom. The van der Waals surface area contributed by atoms with Crippen molar-refractivity contribution in [3.05, 3.63) is 0 Å². The molecule has 4 fully saturated rings. The summed E-state index contributed by atoms with van der Waals surface area (Å²) in [5.74, 6) is -3.27. The first kappa shape index (κ1) is 24.3. The van der Waals surface area contributed by atoms with Crippen LogP contribution in [0, 0.1) is 40.4 Å². The molecule has 2 saturated carbocycles. The first-order valence-corrected chi connectivity index (χ1v) is 12.2. The van der Waals surface area contributed by atoms with Gasteiger partial charge in [0, 0.05) is 18.9 Å². The predicted molar refractivity (Wildman–Crippen MR) is 116 cm³/mol. The molecule has 0 amide bonds. The fraction of sp³-hybridized carbons (Fsp3) is 0.920. The van der Waals surface area contributed by atoms with E-state index in [0.29, 0.717) is 32.1 Å². The lowest BCUT2D eigenvalue weighted by molar-refractivity contribution is -0.323. The van der Waals surface area contributed by atoms with Gasteiger partial charge in [-0.1, -0.05) is 13.8 Å². The van der Waals surface area contributed by atoms with Gasteiger partial charge in [0.2, 0.25) is 0 Å². The van der Waals surface area contributed by atoms with E-state index in [1.165, 1.54) is 0 Å². The van der Waals surface area contributed by atoms with E-state index < -0.39 is 34.7 Å². The summed E-state index contributed by atoms with van der Waals surface area (Å²) < 4.78 is 5.99. The molecule has 4 aliphatic rings. The van der Waals surface area contributed by atoms with Crippen molar-refractivity contribution in [2.45, 2.75) is 96.7 Å². The number of hydrogen-bond acceptors (Lipinski definition) is 7. The predicted octanol–water partition coefficient (Wildman–Crippen LogP) is 1.83. The zero-order chi connectivity index (χ0) is 23.9. The van der Waals surface area contributed by atoms with E-state index in [4.69, 9.17) is 4.74 Å². The maximum absolute atomic E-state index is 13.8. The molecule has 2 saturated heterocycles. The van der Waals surface area contributed by atoms with E-state index in [2.05, 4.69) is 13.8 Å². The molecule has 2 aliphatic heterocycles. The van der Waals surface area contributed by atoms with Crippen molar-refractivity contribution in [1.82, 2.24) is 0 Å². The molecule has 7 heteroatoms. The summed E-state index contributed by atoms with van der Waals surface area (Å²) in [6, 6.07) is 0. The molecule has 0 aromatic heterocycles. The molecule has 0 aromatic rings. The Morgan fingerprint density at radius 3 is 2.47 bits per heavy atom. The molecule has 2 heterocycles. The van der Waals surface area contributed by atoms with Crippen molar-refractivity contribution in [2.75, 3.05) is 6.61 Å². The summed E-state index contributed by atoms with van der Waals surface area (Å²) in [4.78, 5) is 27.0. The van der Waals surface area contributed by atoms with E-state index in [1.807, 2.05) is 0 Å². The number of carbonyl (C=O) groups is 2. The summed E-state index contributed by atoms with van der Waals surface area (Å²) in [5.41, 5.74) is -2.59. The van der Waals surface area contributed by atoms with Gasteiger partial charge in [0.05, 0.1) is 29.1 Å². The van der Waals surface area contributed by atoms with Crippen LogP contribution in [0.4, 0.5) is 0 Å². The van der Waals surface area contributed by atoms with Crippen molar-refractivity contribution >= 4 is 11.6 Å². The number of hydrogen-bond donors (Lipinski definition) is 4. The second-order valence-corrected chi connectivity index (χ2v) is 12.1. The molecule has 2 aliphatic carbocycles. The smallest absolute Gasteiger partial charge is 0.188 e. The highest BCUT2D eigenvalue weighted by Crippen LogP contribution is 2.73. The fourth-order valence-electron chi connectivity index (χ4n) is 7.64. The second-order valence-electron chi connectivity index (χ2n) is 12.1. The van der Waals surface area contributed by atoms with Gasteiger partial charge < -0.3 is 25.2 Å². The van der Waals surface area contributed by atoms with Crippen LogP contribution in [-0.4, -0.2) is 62.2 Å². The molecule has 0 radical (unpaired) electrons. The highest BCUT2D eigenvalue weighted by Gasteiger charge is 2.79. The molecule has 7 nitrogen and oxygen atoms in total. The van der Waals surface area contributed by atoms with Gasteiger partial charge in [-0.3, -0.25) is 9.59 Å². The van der Waals surface area contributed by atoms with Crippen LogP contribution in [0.5, 0.6) is 0 Å². The number of aliphatic hydroxyl groups excluding tert-OH is 2. The molecular formula is C25H40O7. The molecule has 0 spiro atoms. The topological polar surface area (TPSA) is 124 Å². The van der Waals surface area contributed by atoms with Crippen LogP contribution in [-0.2, 0) is 14.3 Å². The summed E-state index contributed by atoms with van der Waals surface area (Å²) >= 11 is 0.